The molecule has 0 atom stereocenters. The summed E-state index contributed by atoms with van der Waals surface area (Å²) >= 11 is 0. The van der Waals surface area contributed by atoms with Crippen LogP contribution in [0.2, 0.25) is 0 Å². The van der Waals surface area contributed by atoms with E-state index in [1.807, 2.05) is 24.3 Å². The van der Waals surface area contributed by atoms with Crippen LogP contribution in [-0.2, 0) is 9.53 Å². The van der Waals surface area contributed by atoms with Crippen molar-refractivity contribution in [2.45, 2.75) is 19.8 Å². The normalized spacial score (nSPS) is 11.8. The number of methoxy groups -OCH3 is 1. The highest BCUT2D eigenvalue weighted by Gasteiger charge is 1.91. The van der Waals surface area contributed by atoms with Crippen molar-refractivity contribution in [3.63, 3.8) is 0 Å². The van der Waals surface area contributed by atoms with Crippen LogP contribution in [0.1, 0.15) is 19.8 Å². The fraction of sp³-hybridized carbons (Fsp3) is 0.364. The number of ether oxygens (including phenoxy) is 1. The summed E-state index contributed by atoms with van der Waals surface area (Å²) in [5, 5.41) is 0. The summed E-state index contributed by atoms with van der Waals surface area (Å²) < 4.78 is 4.47. The Hall–Kier alpha value is -1.31. The smallest absolute Gasteiger partial charge is 0.309 e. The highest BCUT2D eigenvalue weighted by atomic mass is 16.5. The van der Waals surface area contributed by atoms with Crippen LogP contribution in [0.5, 0.6) is 0 Å². The van der Waals surface area contributed by atoms with Crippen molar-refractivity contribution >= 4 is 5.97 Å². The van der Waals surface area contributed by atoms with Gasteiger partial charge in [-0.05, 0) is 6.42 Å². The molecule has 0 rings (SSSR count). The molecule has 0 aromatic carbocycles. The Labute approximate surface area is 79.6 Å². The maximum absolute atomic E-state index is 10.6. The lowest BCUT2D eigenvalue weighted by molar-refractivity contribution is -0.139. The van der Waals surface area contributed by atoms with Crippen molar-refractivity contribution < 1.29 is 9.53 Å². The maximum atomic E-state index is 10.6. The van der Waals surface area contributed by atoms with Gasteiger partial charge in [0.1, 0.15) is 0 Å². The van der Waals surface area contributed by atoms with Gasteiger partial charge >= 0.3 is 5.97 Å². The number of hydrogen-bond donors (Lipinski definition) is 0. The second kappa shape index (κ2) is 8.78. The van der Waals surface area contributed by atoms with E-state index in [0.29, 0.717) is 6.42 Å². The van der Waals surface area contributed by atoms with Crippen LogP contribution in [0.25, 0.3) is 0 Å². The summed E-state index contributed by atoms with van der Waals surface area (Å²) in [6, 6.07) is 0. The van der Waals surface area contributed by atoms with Gasteiger partial charge < -0.3 is 4.74 Å². The third kappa shape index (κ3) is 8.60. The monoisotopic (exact) mass is 180 g/mol. The molecule has 13 heavy (non-hydrogen) atoms. The molecule has 0 aliphatic rings. The number of rotatable bonds is 5. The van der Waals surface area contributed by atoms with Gasteiger partial charge in [0, 0.05) is 0 Å². The van der Waals surface area contributed by atoms with Gasteiger partial charge in [-0.2, -0.15) is 0 Å². The zero-order valence-corrected chi connectivity index (χ0v) is 8.19. The molecule has 0 saturated heterocycles. The van der Waals surface area contributed by atoms with Gasteiger partial charge in [0.25, 0.3) is 0 Å². The molecule has 0 amide bonds. The van der Waals surface area contributed by atoms with Crippen molar-refractivity contribution in [2.75, 3.05) is 7.11 Å². The van der Waals surface area contributed by atoms with E-state index in [4.69, 9.17) is 0 Å². The first kappa shape index (κ1) is 11.7. The second-order valence-corrected chi connectivity index (χ2v) is 2.43. The molecule has 0 heterocycles. The van der Waals surface area contributed by atoms with Gasteiger partial charge in [-0.25, -0.2) is 0 Å². The predicted molar refractivity (Wildman–Crippen MR) is 54.3 cm³/mol. The summed E-state index contributed by atoms with van der Waals surface area (Å²) in [5.41, 5.74) is 0. The molecule has 2 heteroatoms. The lowest BCUT2D eigenvalue weighted by atomic mass is 10.3. The van der Waals surface area contributed by atoms with Crippen LogP contribution >= 0.6 is 0 Å². The van der Waals surface area contributed by atoms with Crippen molar-refractivity contribution in [1.82, 2.24) is 0 Å². The molecule has 0 saturated carbocycles. The molecule has 0 aromatic rings. The van der Waals surface area contributed by atoms with Gasteiger partial charge in [0.05, 0.1) is 13.5 Å². The number of esters is 1. The number of carbonyl (C=O) groups is 1. The minimum Gasteiger partial charge on any atom is -0.469 e. The third-order valence-electron chi connectivity index (χ3n) is 1.35. The summed E-state index contributed by atoms with van der Waals surface area (Å²) in [7, 11) is 1.38. The third-order valence-corrected chi connectivity index (χ3v) is 1.35. The zero-order chi connectivity index (χ0) is 9.94. The minimum absolute atomic E-state index is 0.214. The Morgan fingerprint density at radius 3 is 2.31 bits per heavy atom. The van der Waals surface area contributed by atoms with E-state index >= 15 is 0 Å². The van der Waals surface area contributed by atoms with Gasteiger partial charge in [-0.1, -0.05) is 43.4 Å². The van der Waals surface area contributed by atoms with E-state index in [9.17, 15) is 4.79 Å². The Kier molecular flexibility index (Phi) is 7.90. The zero-order valence-electron chi connectivity index (χ0n) is 8.19. The summed E-state index contributed by atoms with van der Waals surface area (Å²) in [4.78, 5) is 10.6. The SMILES string of the molecule is CCC=CC=CC=CCC(=O)OC. The molecule has 72 valence electrons. The quantitative estimate of drug-likeness (QED) is 0.480. The molecule has 0 N–H and O–H groups in total. The first-order valence-corrected chi connectivity index (χ1v) is 4.36. The van der Waals surface area contributed by atoms with Crippen molar-refractivity contribution in [3.8, 4) is 0 Å². The van der Waals surface area contributed by atoms with Crippen LogP contribution < -0.4 is 0 Å². The van der Waals surface area contributed by atoms with E-state index < -0.39 is 0 Å². The molecule has 0 spiro atoms. The standard InChI is InChI=1S/C11H16O2/c1-3-4-5-6-7-8-9-10-11(12)13-2/h4-9H,3,10H2,1-2H3. The lowest BCUT2D eigenvalue weighted by Crippen LogP contribution is -1.96. The Morgan fingerprint density at radius 1 is 1.15 bits per heavy atom. The average Bonchev–Trinajstić information content (AvgIpc) is 2.16. The van der Waals surface area contributed by atoms with Gasteiger partial charge in [-0.15, -0.1) is 0 Å². The van der Waals surface area contributed by atoms with E-state index in [2.05, 4.69) is 17.7 Å². The fourth-order valence-corrected chi connectivity index (χ4v) is 0.669. The van der Waals surface area contributed by atoms with Gasteiger partial charge in [-0.3, -0.25) is 4.79 Å². The van der Waals surface area contributed by atoms with Crippen LogP contribution in [0.4, 0.5) is 0 Å². The minimum atomic E-state index is -0.214. The van der Waals surface area contributed by atoms with Gasteiger partial charge in [0.2, 0.25) is 0 Å². The molecule has 0 aliphatic heterocycles. The first-order chi connectivity index (χ1) is 6.31. The highest BCUT2D eigenvalue weighted by Crippen LogP contribution is 1.88. The summed E-state index contributed by atoms with van der Waals surface area (Å²) in [5.74, 6) is -0.214. The molecule has 0 radical (unpaired) electrons. The molecule has 0 bridgehead atoms. The van der Waals surface area contributed by atoms with Crippen molar-refractivity contribution in [2.24, 2.45) is 0 Å². The van der Waals surface area contributed by atoms with E-state index in [1.54, 1.807) is 6.08 Å². The number of carbonyl (C=O) groups excluding carboxylic acids is 1. The Morgan fingerprint density at radius 2 is 1.77 bits per heavy atom. The molecule has 0 unspecified atom stereocenters. The highest BCUT2D eigenvalue weighted by molar-refractivity contribution is 5.70. The lowest BCUT2D eigenvalue weighted by Gasteiger charge is -1.89. The van der Waals surface area contributed by atoms with E-state index in [0.717, 1.165) is 6.42 Å². The summed E-state index contributed by atoms with van der Waals surface area (Å²) in [6.45, 7) is 2.08. The molecule has 0 fully saturated rings. The maximum Gasteiger partial charge on any atom is 0.309 e. The number of allylic oxidation sites excluding steroid dienone is 5. The Bertz CT molecular complexity index is 212. The fourth-order valence-electron chi connectivity index (χ4n) is 0.669. The average molecular weight is 180 g/mol. The Balaban J connectivity index is 3.57. The van der Waals surface area contributed by atoms with E-state index in [-0.39, 0.29) is 5.97 Å². The molecule has 0 aromatic heterocycles. The molecular formula is C11H16O2. The summed E-state index contributed by atoms with van der Waals surface area (Å²) in [6.07, 6.45) is 12.8. The topological polar surface area (TPSA) is 26.3 Å². The van der Waals surface area contributed by atoms with Crippen LogP contribution in [0, 0.1) is 0 Å². The van der Waals surface area contributed by atoms with Crippen molar-refractivity contribution in [3.05, 3.63) is 36.5 Å². The van der Waals surface area contributed by atoms with E-state index in [1.165, 1.54) is 7.11 Å². The molecule has 0 aliphatic carbocycles. The first-order valence-electron chi connectivity index (χ1n) is 4.36. The van der Waals surface area contributed by atoms with Crippen LogP contribution in [-0.4, -0.2) is 13.1 Å². The van der Waals surface area contributed by atoms with Gasteiger partial charge in [0.15, 0.2) is 0 Å². The molecule has 2 nitrogen and oxygen atoms in total. The molecular weight excluding hydrogens is 164 g/mol. The predicted octanol–water partition coefficient (Wildman–Crippen LogP) is 2.63. The van der Waals surface area contributed by atoms with Crippen molar-refractivity contribution in [1.29, 1.82) is 0 Å². The van der Waals surface area contributed by atoms with Crippen LogP contribution in [0.3, 0.4) is 0 Å². The second-order valence-electron chi connectivity index (χ2n) is 2.43. The largest absolute Gasteiger partial charge is 0.469 e. The van der Waals surface area contributed by atoms with Crippen LogP contribution in [0.15, 0.2) is 36.5 Å². The number of hydrogen-bond acceptors (Lipinski definition) is 2.